The molecule has 36 heavy (non-hydrogen) atoms. The van der Waals surface area contributed by atoms with Gasteiger partial charge >= 0.3 is 0 Å². The normalized spacial score (nSPS) is 11.4. The van der Waals surface area contributed by atoms with Crippen LogP contribution in [0.3, 0.4) is 0 Å². The number of carbonyl (C=O) groups is 1. The van der Waals surface area contributed by atoms with Crippen LogP contribution in [0.25, 0.3) is 43.8 Å². The third kappa shape index (κ3) is 3.35. The number of hydrogen-bond donors (Lipinski definition) is 2. The number of carbonyl (C=O) groups excluding carboxylic acids is 1. The summed E-state index contributed by atoms with van der Waals surface area (Å²) >= 11 is 0. The second-order valence-corrected chi connectivity index (χ2v) is 9.08. The number of aryl methyl sites for hydroxylation is 2. The number of furan rings is 2. The number of rotatable bonds is 4. The molecule has 3 aromatic heterocycles. The van der Waals surface area contributed by atoms with Crippen LogP contribution < -0.4 is 11.1 Å². The fraction of sp³-hybridized carbons (Fsp3) is 0.0968. The van der Waals surface area contributed by atoms with Crippen LogP contribution >= 0.6 is 0 Å². The monoisotopic (exact) mass is 469 g/mol. The van der Waals surface area contributed by atoms with E-state index in [0.717, 1.165) is 66.2 Å². The van der Waals surface area contributed by atoms with E-state index in [9.17, 15) is 4.79 Å². The van der Waals surface area contributed by atoms with Gasteiger partial charge in [0.2, 0.25) is 0 Å². The molecule has 0 fully saturated rings. The van der Waals surface area contributed by atoms with Crippen LogP contribution in [0.15, 0.2) is 71.1 Å². The van der Waals surface area contributed by atoms with E-state index in [-0.39, 0.29) is 5.91 Å². The molecule has 0 spiro atoms. The molecule has 0 aliphatic rings. The number of anilines is 1. The summed E-state index contributed by atoms with van der Waals surface area (Å²) in [6.07, 6.45) is 5.72. The van der Waals surface area contributed by atoms with E-state index < -0.39 is 0 Å². The Morgan fingerprint density at radius 3 is 2.47 bits per heavy atom. The van der Waals surface area contributed by atoms with Gasteiger partial charge in [-0.15, -0.1) is 6.42 Å². The summed E-state index contributed by atoms with van der Waals surface area (Å²) in [5.41, 5.74) is 13.7. The lowest BCUT2D eigenvalue weighted by Crippen LogP contribution is -2.24. The zero-order chi connectivity index (χ0) is 25.0. The van der Waals surface area contributed by atoms with Gasteiger partial charge in [-0.05, 0) is 78.6 Å². The Hall–Kier alpha value is -4.82. The van der Waals surface area contributed by atoms with E-state index >= 15 is 0 Å². The Morgan fingerprint density at radius 1 is 0.972 bits per heavy atom. The van der Waals surface area contributed by atoms with E-state index in [0.29, 0.717) is 17.9 Å². The van der Waals surface area contributed by atoms with Crippen molar-refractivity contribution >= 4 is 44.4 Å². The largest absolute Gasteiger partial charge is 0.455 e. The van der Waals surface area contributed by atoms with Gasteiger partial charge in [0, 0.05) is 44.9 Å². The maximum Gasteiger partial charge on any atom is 0.251 e. The second kappa shape index (κ2) is 8.14. The number of aromatic nitrogens is 1. The van der Waals surface area contributed by atoms with Crippen LogP contribution in [0.5, 0.6) is 0 Å². The van der Waals surface area contributed by atoms with Gasteiger partial charge < -0.3 is 15.5 Å². The van der Waals surface area contributed by atoms with Crippen molar-refractivity contribution in [3.05, 3.63) is 94.7 Å². The number of nitrogens with two attached hydrogens (primary N) is 1. The van der Waals surface area contributed by atoms with Crippen LogP contribution in [0.4, 0.5) is 5.82 Å². The van der Waals surface area contributed by atoms with Crippen molar-refractivity contribution in [3.8, 4) is 23.5 Å². The average Bonchev–Trinajstić information content (AvgIpc) is 3.44. The molecule has 0 aliphatic heterocycles. The molecule has 5 nitrogen and oxygen atoms in total. The van der Waals surface area contributed by atoms with Gasteiger partial charge in [-0.1, -0.05) is 30.2 Å². The third-order valence-electron chi connectivity index (χ3n) is 6.88. The summed E-state index contributed by atoms with van der Waals surface area (Å²) in [5.74, 6) is 3.09. The molecule has 6 aromatic rings. The number of fused-ring (bicyclic) bond motifs is 8. The van der Waals surface area contributed by atoms with Crippen LogP contribution in [-0.2, 0) is 6.54 Å². The molecule has 6 rings (SSSR count). The molecule has 0 aliphatic carbocycles. The number of nitrogens with zero attached hydrogens (tertiary/aromatic N) is 1. The lowest BCUT2D eigenvalue weighted by Gasteiger charge is -2.11. The summed E-state index contributed by atoms with van der Waals surface area (Å²) in [5, 5.41) is 7.01. The van der Waals surface area contributed by atoms with E-state index in [2.05, 4.69) is 34.4 Å². The summed E-state index contributed by atoms with van der Waals surface area (Å²) < 4.78 is 6.21. The van der Waals surface area contributed by atoms with Crippen LogP contribution in [0.1, 0.15) is 32.7 Å². The van der Waals surface area contributed by atoms with Crippen LogP contribution in [0.2, 0.25) is 0 Å². The Balaban J connectivity index is 1.37. The van der Waals surface area contributed by atoms with Gasteiger partial charge in [0.05, 0.1) is 0 Å². The predicted molar refractivity (Wildman–Crippen MR) is 145 cm³/mol. The minimum atomic E-state index is -0.154. The highest BCUT2D eigenvalue weighted by Crippen LogP contribution is 2.42. The summed E-state index contributed by atoms with van der Waals surface area (Å²) in [6.45, 7) is 4.25. The molecule has 0 radical (unpaired) electrons. The van der Waals surface area contributed by atoms with Gasteiger partial charge in [-0.2, -0.15) is 0 Å². The molecule has 0 saturated heterocycles. The van der Waals surface area contributed by atoms with Crippen molar-refractivity contribution in [2.45, 2.75) is 20.4 Å². The number of terminal acetylenes is 1. The zero-order valence-corrected chi connectivity index (χ0v) is 20.0. The summed E-state index contributed by atoms with van der Waals surface area (Å²) in [6, 6.07) is 21.7. The van der Waals surface area contributed by atoms with Crippen molar-refractivity contribution in [1.82, 2.24) is 10.3 Å². The molecule has 3 heterocycles. The van der Waals surface area contributed by atoms with Crippen molar-refractivity contribution in [1.29, 1.82) is 0 Å². The molecule has 3 aromatic carbocycles. The first-order chi connectivity index (χ1) is 17.4. The minimum Gasteiger partial charge on any atom is -0.455 e. The summed E-state index contributed by atoms with van der Waals surface area (Å²) in [7, 11) is 0. The Kier molecular flexibility index (Phi) is 4.91. The fourth-order valence-corrected chi connectivity index (χ4v) is 5.07. The minimum absolute atomic E-state index is 0.154. The predicted octanol–water partition coefficient (Wildman–Crippen LogP) is 6.35. The molecule has 2 bridgehead atoms. The number of pyridine rings is 1. The van der Waals surface area contributed by atoms with Gasteiger partial charge in [0.15, 0.2) is 0 Å². The van der Waals surface area contributed by atoms with Crippen molar-refractivity contribution in [3.63, 3.8) is 0 Å². The van der Waals surface area contributed by atoms with E-state index in [1.54, 1.807) is 0 Å². The third-order valence-corrected chi connectivity index (χ3v) is 6.88. The number of nitrogens with one attached hydrogen (secondary N) is 1. The molecule has 0 unspecified atom stereocenters. The summed E-state index contributed by atoms with van der Waals surface area (Å²) in [4.78, 5) is 17.3. The van der Waals surface area contributed by atoms with Crippen LogP contribution in [0, 0.1) is 26.2 Å². The molecule has 5 heteroatoms. The highest BCUT2D eigenvalue weighted by molar-refractivity contribution is 6.26. The Labute approximate surface area is 208 Å². The molecule has 3 N–H and O–H groups in total. The van der Waals surface area contributed by atoms with E-state index in [1.807, 2.05) is 62.4 Å². The van der Waals surface area contributed by atoms with E-state index in [1.165, 1.54) is 0 Å². The number of hydrogen-bond acceptors (Lipinski definition) is 4. The average molecular weight is 470 g/mol. The molecule has 1 amide bonds. The smallest absolute Gasteiger partial charge is 0.251 e. The first kappa shape index (κ1) is 21.7. The number of benzene rings is 4. The maximum atomic E-state index is 13.0. The van der Waals surface area contributed by atoms with Gasteiger partial charge in [-0.3, -0.25) is 4.79 Å². The van der Waals surface area contributed by atoms with Gasteiger partial charge in [0.25, 0.3) is 5.91 Å². The highest BCUT2D eigenvalue weighted by Gasteiger charge is 2.20. The highest BCUT2D eigenvalue weighted by atomic mass is 16.3. The van der Waals surface area contributed by atoms with Crippen LogP contribution in [-0.4, -0.2) is 10.9 Å². The molecule has 0 atom stereocenters. The zero-order valence-electron chi connectivity index (χ0n) is 20.0. The van der Waals surface area contributed by atoms with E-state index in [4.69, 9.17) is 16.6 Å². The lowest BCUT2D eigenvalue weighted by atomic mass is 9.95. The van der Waals surface area contributed by atoms with Crippen molar-refractivity contribution in [2.24, 2.45) is 0 Å². The SMILES string of the molecule is C#Cc1ccccc1-c1ccc2c(c1)c1oc2c2ccc(C(=O)NCc3c(C)cc(N)nc3C)cc21. The van der Waals surface area contributed by atoms with Gasteiger partial charge in [0.1, 0.15) is 17.0 Å². The molecular formula is C31H23N3O2. The standard InChI is InChI=1S/C31H23N3O2/c1-4-19-7-5-6-8-22(19)20-9-11-23-25(14-20)30-26-15-21(10-12-24(26)29(23)36-30)31(35)33-16-27-17(2)13-28(32)34-18(27)3/h1,5-15H,16H2,2-3H3,(H2,32,34)(H,33,35). The first-order valence-electron chi connectivity index (χ1n) is 11.7. The number of nitrogen functional groups attached to an aromatic ring is 1. The number of amides is 1. The fourth-order valence-electron chi connectivity index (χ4n) is 5.07. The topological polar surface area (TPSA) is 81.2 Å². The van der Waals surface area contributed by atoms with Crippen molar-refractivity contribution in [2.75, 3.05) is 5.73 Å². The Bertz CT molecular complexity index is 1830. The van der Waals surface area contributed by atoms with Gasteiger partial charge in [-0.25, -0.2) is 4.98 Å². The lowest BCUT2D eigenvalue weighted by molar-refractivity contribution is 0.0951. The second-order valence-electron chi connectivity index (χ2n) is 9.08. The molecule has 174 valence electrons. The molecular weight excluding hydrogens is 446 g/mol. The quantitative estimate of drug-likeness (QED) is 0.233. The maximum absolute atomic E-state index is 13.0. The Morgan fingerprint density at radius 2 is 1.69 bits per heavy atom. The van der Waals surface area contributed by atoms with Crippen molar-refractivity contribution < 1.29 is 9.21 Å². The molecule has 0 saturated carbocycles. The first-order valence-corrected chi connectivity index (χ1v) is 11.7.